The number of nitrogens with zero attached hydrogens (tertiary/aromatic N) is 1. The monoisotopic (exact) mass is 238 g/mol. The number of benzene rings is 1. The van der Waals surface area contributed by atoms with E-state index < -0.39 is 12.5 Å². The standard InChI is InChI=1S/C13H16F2N2/c14-12(15)11-13(7-16-8-13)9-17(11)6-10-4-2-1-3-5-10/h1-5,11-12,16H,6-9H2. The van der Waals surface area contributed by atoms with E-state index in [9.17, 15) is 8.78 Å². The molecule has 92 valence electrons. The van der Waals surface area contributed by atoms with Crippen molar-refractivity contribution in [1.82, 2.24) is 10.2 Å². The highest BCUT2D eigenvalue weighted by Crippen LogP contribution is 2.44. The molecule has 3 rings (SSSR count). The van der Waals surface area contributed by atoms with Gasteiger partial charge in [0, 0.05) is 31.6 Å². The first-order valence-corrected chi connectivity index (χ1v) is 5.98. The fourth-order valence-electron chi connectivity index (χ4n) is 3.04. The van der Waals surface area contributed by atoms with Gasteiger partial charge >= 0.3 is 0 Å². The highest BCUT2D eigenvalue weighted by molar-refractivity contribution is 5.18. The summed E-state index contributed by atoms with van der Waals surface area (Å²) in [7, 11) is 0. The van der Waals surface area contributed by atoms with Crippen LogP contribution in [-0.2, 0) is 6.54 Å². The Morgan fingerprint density at radius 3 is 2.53 bits per heavy atom. The minimum absolute atomic E-state index is 0.150. The van der Waals surface area contributed by atoms with Gasteiger partial charge in [0.2, 0.25) is 0 Å². The lowest BCUT2D eigenvalue weighted by Gasteiger charge is -2.62. The van der Waals surface area contributed by atoms with Gasteiger partial charge in [-0.3, -0.25) is 4.90 Å². The van der Waals surface area contributed by atoms with E-state index in [1.54, 1.807) is 0 Å². The molecule has 1 spiro atoms. The van der Waals surface area contributed by atoms with Crippen LogP contribution >= 0.6 is 0 Å². The molecule has 2 heterocycles. The fourth-order valence-corrected chi connectivity index (χ4v) is 3.04. The lowest BCUT2D eigenvalue weighted by atomic mass is 9.67. The van der Waals surface area contributed by atoms with Crippen LogP contribution in [0.25, 0.3) is 0 Å². The third kappa shape index (κ3) is 1.76. The number of hydrogen-bond donors (Lipinski definition) is 1. The topological polar surface area (TPSA) is 15.3 Å². The van der Waals surface area contributed by atoms with Crippen LogP contribution in [0.1, 0.15) is 5.56 Å². The SMILES string of the molecule is FC(F)C1N(Cc2ccccc2)CC12CNC2. The van der Waals surface area contributed by atoms with E-state index in [0.29, 0.717) is 6.54 Å². The maximum Gasteiger partial charge on any atom is 0.254 e. The lowest BCUT2D eigenvalue weighted by molar-refractivity contribution is -0.170. The van der Waals surface area contributed by atoms with Gasteiger partial charge < -0.3 is 5.32 Å². The number of hydrogen-bond acceptors (Lipinski definition) is 2. The second kappa shape index (κ2) is 4.03. The van der Waals surface area contributed by atoms with Crippen molar-refractivity contribution in [3.63, 3.8) is 0 Å². The Morgan fingerprint density at radius 1 is 1.29 bits per heavy atom. The smallest absolute Gasteiger partial charge is 0.254 e. The summed E-state index contributed by atoms with van der Waals surface area (Å²) in [5.41, 5.74) is 0.962. The van der Waals surface area contributed by atoms with E-state index in [2.05, 4.69) is 5.32 Å². The van der Waals surface area contributed by atoms with Crippen LogP contribution in [0.3, 0.4) is 0 Å². The minimum atomic E-state index is -2.24. The normalized spacial score (nSPS) is 26.9. The summed E-state index contributed by atoms with van der Waals surface area (Å²) in [6, 6.07) is 9.27. The van der Waals surface area contributed by atoms with Crippen LogP contribution in [0.4, 0.5) is 8.78 Å². The van der Waals surface area contributed by atoms with Crippen LogP contribution in [0.15, 0.2) is 30.3 Å². The molecule has 0 saturated carbocycles. The molecule has 17 heavy (non-hydrogen) atoms. The van der Waals surface area contributed by atoms with E-state index in [4.69, 9.17) is 0 Å². The van der Waals surface area contributed by atoms with Crippen molar-refractivity contribution in [1.29, 1.82) is 0 Å². The number of halogens is 2. The number of rotatable bonds is 3. The summed E-state index contributed by atoms with van der Waals surface area (Å²) in [4.78, 5) is 1.90. The van der Waals surface area contributed by atoms with Gasteiger partial charge in [0.05, 0.1) is 6.04 Å². The third-order valence-electron chi connectivity index (χ3n) is 3.96. The highest BCUT2D eigenvalue weighted by Gasteiger charge is 2.59. The highest BCUT2D eigenvalue weighted by atomic mass is 19.3. The molecule has 2 saturated heterocycles. The van der Waals surface area contributed by atoms with Crippen molar-refractivity contribution >= 4 is 0 Å². The predicted molar refractivity (Wildman–Crippen MR) is 61.9 cm³/mol. The molecule has 0 aromatic heterocycles. The maximum absolute atomic E-state index is 13.1. The molecule has 1 unspecified atom stereocenters. The molecular formula is C13H16F2N2. The molecule has 0 bridgehead atoms. The Balaban J connectivity index is 1.69. The molecule has 2 nitrogen and oxygen atoms in total. The Hall–Kier alpha value is -1.00. The number of alkyl halides is 2. The van der Waals surface area contributed by atoms with Crippen molar-refractivity contribution in [3.05, 3.63) is 35.9 Å². The molecule has 1 aromatic rings. The summed E-state index contributed by atoms with van der Waals surface area (Å²) in [6.45, 7) is 2.92. The Bertz CT molecular complexity index is 390. The number of likely N-dealkylation sites (tertiary alicyclic amines) is 1. The van der Waals surface area contributed by atoms with Crippen molar-refractivity contribution in [3.8, 4) is 0 Å². The molecule has 1 aromatic carbocycles. The van der Waals surface area contributed by atoms with Gasteiger partial charge in [0.25, 0.3) is 6.43 Å². The average Bonchev–Trinajstić information content (AvgIpc) is 2.21. The largest absolute Gasteiger partial charge is 0.315 e. The van der Waals surface area contributed by atoms with Crippen molar-refractivity contribution in [2.24, 2.45) is 5.41 Å². The molecule has 4 heteroatoms. The van der Waals surface area contributed by atoms with Gasteiger partial charge in [-0.15, -0.1) is 0 Å². The van der Waals surface area contributed by atoms with E-state index in [1.807, 2.05) is 35.2 Å². The summed E-state index contributed by atoms with van der Waals surface area (Å²) < 4.78 is 26.2. The van der Waals surface area contributed by atoms with E-state index >= 15 is 0 Å². The van der Waals surface area contributed by atoms with Gasteiger partial charge in [-0.25, -0.2) is 8.78 Å². The minimum Gasteiger partial charge on any atom is -0.315 e. The van der Waals surface area contributed by atoms with Gasteiger partial charge in [0.1, 0.15) is 0 Å². The van der Waals surface area contributed by atoms with Crippen molar-refractivity contribution < 1.29 is 8.78 Å². The van der Waals surface area contributed by atoms with Crippen LogP contribution in [0, 0.1) is 5.41 Å². The van der Waals surface area contributed by atoms with Crippen LogP contribution in [0.5, 0.6) is 0 Å². The van der Waals surface area contributed by atoms with Gasteiger partial charge in [-0.05, 0) is 5.56 Å². The Labute approximate surface area is 99.6 Å². The van der Waals surface area contributed by atoms with Crippen molar-refractivity contribution in [2.75, 3.05) is 19.6 Å². The molecule has 0 radical (unpaired) electrons. The van der Waals surface area contributed by atoms with E-state index in [-0.39, 0.29) is 5.41 Å². The predicted octanol–water partition coefficient (Wildman–Crippen LogP) is 1.73. The number of nitrogens with one attached hydrogen (secondary N) is 1. The third-order valence-corrected chi connectivity index (χ3v) is 3.96. The van der Waals surface area contributed by atoms with Crippen LogP contribution < -0.4 is 5.32 Å². The van der Waals surface area contributed by atoms with Gasteiger partial charge in [-0.2, -0.15) is 0 Å². The summed E-state index contributed by atoms with van der Waals surface area (Å²) >= 11 is 0. The quantitative estimate of drug-likeness (QED) is 0.862. The van der Waals surface area contributed by atoms with Crippen LogP contribution in [-0.4, -0.2) is 37.0 Å². The average molecular weight is 238 g/mol. The van der Waals surface area contributed by atoms with Gasteiger partial charge in [-0.1, -0.05) is 30.3 Å². The second-order valence-corrected chi connectivity index (χ2v) is 5.14. The first kappa shape index (κ1) is 11.1. The van der Waals surface area contributed by atoms with Crippen LogP contribution in [0.2, 0.25) is 0 Å². The molecular weight excluding hydrogens is 222 g/mol. The molecule has 2 fully saturated rings. The lowest BCUT2D eigenvalue weighted by Crippen LogP contribution is -2.78. The zero-order chi connectivity index (χ0) is 11.9. The molecule has 0 aliphatic carbocycles. The first-order valence-electron chi connectivity index (χ1n) is 5.98. The Kier molecular flexibility index (Phi) is 2.64. The van der Waals surface area contributed by atoms with E-state index in [0.717, 1.165) is 25.2 Å². The maximum atomic E-state index is 13.1. The molecule has 2 aliphatic rings. The molecule has 2 aliphatic heterocycles. The second-order valence-electron chi connectivity index (χ2n) is 5.14. The zero-order valence-electron chi connectivity index (χ0n) is 9.57. The molecule has 1 atom stereocenters. The summed E-state index contributed by atoms with van der Waals surface area (Å²) in [6.07, 6.45) is -2.24. The first-order chi connectivity index (χ1) is 8.21. The molecule has 1 N–H and O–H groups in total. The molecule has 0 amide bonds. The fraction of sp³-hybridized carbons (Fsp3) is 0.538. The van der Waals surface area contributed by atoms with Gasteiger partial charge in [0.15, 0.2) is 0 Å². The Morgan fingerprint density at radius 2 is 2.00 bits per heavy atom. The summed E-state index contributed by atoms with van der Waals surface area (Å²) in [5, 5.41) is 3.11. The van der Waals surface area contributed by atoms with Crippen molar-refractivity contribution in [2.45, 2.75) is 19.0 Å². The summed E-state index contributed by atoms with van der Waals surface area (Å²) in [5.74, 6) is 0. The van der Waals surface area contributed by atoms with E-state index in [1.165, 1.54) is 0 Å². The zero-order valence-corrected chi connectivity index (χ0v) is 9.57.